The number of nitrogens with zero attached hydrogens (tertiary/aromatic N) is 1. The summed E-state index contributed by atoms with van der Waals surface area (Å²) in [6, 6.07) is 7.59. The van der Waals surface area contributed by atoms with Crippen LogP contribution >= 0.6 is 11.6 Å². The Morgan fingerprint density at radius 1 is 1.44 bits per heavy atom. The molecule has 0 radical (unpaired) electrons. The molecule has 0 bridgehead atoms. The van der Waals surface area contributed by atoms with Gasteiger partial charge in [-0.2, -0.15) is 0 Å². The molecular formula is C13H13ClN2O2. The number of carboxylic acids is 1. The number of nitrogens with one attached hydrogen (secondary N) is 1. The third kappa shape index (κ3) is 3.60. The van der Waals surface area contributed by atoms with Gasteiger partial charge in [0, 0.05) is 23.3 Å². The van der Waals surface area contributed by atoms with Crippen LogP contribution in [0.3, 0.4) is 0 Å². The van der Waals surface area contributed by atoms with Crippen LogP contribution in [0, 0.1) is 0 Å². The maximum atomic E-state index is 10.5. The second kappa shape index (κ2) is 5.69. The van der Waals surface area contributed by atoms with E-state index < -0.39 is 5.97 Å². The minimum absolute atomic E-state index is 0.110. The third-order valence-corrected chi connectivity index (χ3v) is 2.78. The van der Waals surface area contributed by atoms with Gasteiger partial charge in [0.15, 0.2) is 0 Å². The molecule has 1 aromatic heterocycles. The number of aromatic nitrogens is 2. The molecule has 0 unspecified atom stereocenters. The Morgan fingerprint density at radius 3 is 3.00 bits per heavy atom. The number of aromatic amines is 1. The van der Waals surface area contributed by atoms with Gasteiger partial charge in [0.1, 0.15) is 5.82 Å². The molecule has 5 heteroatoms. The summed E-state index contributed by atoms with van der Waals surface area (Å²) in [5.41, 5.74) is 1.91. The summed E-state index contributed by atoms with van der Waals surface area (Å²) >= 11 is 5.90. The summed E-state index contributed by atoms with van der Waals surface area (Å²) in [4.78, 5) is 17.8. The molecular weight excluding hydrogens is 252 g/mol. The second-order valence-corrected chi connectivity index (χ2v) is 4.49. The van der Waals surface area contributed by atoms with Gasteiger partial charge in [-0.15, -0.1) is 0 Å². The van der Waals surface area contributed by atoms with E-state index >= 15 is 0 Å². The van der Waals surface area contributed by atoms with Crippen molar-refractivity contribution in [3.63, 3.8) is 0 Å². The molecule has 1 aromatic carbocycles. The predicted octanol–water partition coefficient (Wildman–Crippen LogP) is 2.67. The summed E-state index contributed by atoms with van der Waals surface area (Å²) in [7, 11) is 0. The highest BCUT2D eigenvalue weighted by Crippen LogP contribution is 2.13. The number of benzene rings is 1. The molecule has 2 rings (SSSR count). The number of rotatable bonds is 5. The summed E-state index contributed by atoms with van der Waals surface area (Å²) in [6.45, 7) is 0. The SMILES string of the molecule is O=C(O)CCc1cnc(Cc2cccc(Cl)c2)[nH]1. The molecule has 18 heavy (non-hydrogen) atoms. The van der Waals surface area contributed by atoms with Crippen LogP contribution in [0.4, 0.5) is 0 Å². The number of hydrogen-bond acceptors (Lipinski definition) is 2. The fraction of sp³-hybridized carbons (Fsp3) is 0.231. The van der Waals surface area contributed by atoms with Crippen molar-refractivity contribution in [3.05, 3.63) is 52.6 Å². The molecule has 0 spiro atoms. The van der Waals surface area contributed by atoms with Crippen LogP contribution in [0.5, 0.6) is 0 Å². The summed E-state index contributed by atoms with van der Waals surface area (Å²) < 4.78 is 0. The Hall–Kier alpha value is -1.81. The van der Waals surface area contributed by atoms with Crippen LogP contribution in [0.25, 0.3) is 0 Å². The lowest BCUT2D eigenvalue weighted by atomic mass is 10.1. The Balaban J connectivity index is 2.00. The van der Waals surface area contributed by atoms with Gasteiger partial charge in [-0.25, -0.2) is 4.98 Å². The highest BCUT2D eigenvalue weighted by atomic mass is 35.5. The quantitative estimate of drug-likeness (QED) is 0.873. The van der Waals surface area contributed by atoms with E-state index in [1.165, 1.54) is 0 Å². The molecule has 0 saturated carbocycles. The lowest BCUT2D eigenvalue weighted by Crippen LogP contribution is -1.98. The Bertz CT molecular complexity index is 551. The molecule has 0 atom stereocenters. The van der Waals surface area contributed by atoms with Crippen molar-refractivity contribution in [2.45, 2.75) is 19.3 Å². The number of carboxylic acid groups (broad SMARTS) is 1. The van der Waals surface area contributed by atoms with Crippen molar-refractivity contribution in [3.8, 4) is 0 Å². The zero-order valence-corrected chi connectivity index (χ0v) is 10.4. The van der Waals surface area contributed by atoms with Crippen molar-refractivity contribution in [2.75, 3.05) is 0 Å². The molecule has 2 aromatic rings. The highest BCUT2D eigenvalue weighted by Gasteiger charge is 2.04. The van der Waals surface area contributed by atoms with Gasteiger partial charge >= 0.3 is 5.97 Å². The van der Waals surface area contributed by atoms with E-state index in [1.54, 1.807) is 6.20 Å². The molecule has 1 heterocycles. The topological polar surface area (TPSA) is 66.0 Å². The van der Waals surface area contributed by atoms with Crippen molar-refractivity contribution in [1.82, 2.24) is 9.97 Å². The van der Waals surface area contributed by atoms with Gasteiger partial charge in [-0.1, -0.05) is 23.7 Å². The largest absolute Gasteiger partial charge is 0.481 e. The summed E-state index contributed by atoms with van der Waals surface area (Å²) in [5, 5.41) is 9.30. The summed E-state index contributed by atoms with van der Waals surface area (Å²) in [5.74, 6) is 0.0126. The number of carbonyl (C=O) groups is 1. The average Bonchev–Trinajstić information content (AvgIpc) is 2.74. The number of hydrogen-bond donors (Lipinski definition) is 2. The lowest BCUT2D eigenvalue weighted by molar-refractivity contribution is -0.136. The lowest BCUT2D eigenvalue weighted by Gasteiger charge is -1.99. The zero-order valence-electron chi connectivity index (χ0n) is 9.69. The van der Waals surface area contributed by atoms with Crippen molar-refractivity contribution < 1.29 is 9.90 Å². The number of aryl methyl sites for hydroxylation is 1. The molecule has 0 aliphatic heterocycles. The molecule has 0 saturated heterocycles. The fourth-order valence-corrected chi connectivity index (χ4v) is 1.92. The van der Waals surface area contributed by atoms with E-state index in [2.05, 4.69) is 9.97 Å². The van der Waals surface area contributed by atoms with Crippen LogP contribution in [0.2, 0.25) is 5.02 Å². The van der Waals surface area contributed by atoms with Crippen LogP contribution in [0.15, 0.2) is 30.5 Å². The van der Waals surface area contributed by atoms with Crippen molar-refractivity contribution in [1.29, 1.82) is 0 Å². The fourth-order valence-electron chi connectivity index (χ4n) is 1.70. The Morgan fingerprint density at radius 2 is 2.28 bits per heavy atom. The van der Waals surface area contributed by atoms with Crippen molar-refractivity contribution in [2.24, 2.45) is 0 Å². The number of imidazole rings is 1. The first-order chi connectivity index (χ1) is 8.63. The second-order valence-electron chi connectivity index (χ2n) is 4.06. The van der Waals surface area contributed by atoms with Gasteiger partial charge in [0.25, 0.3) is 0 Å². The first-order valence-corrected chi connectivity index (χ1v) is 6.00. The van der Waals surface area contributed by atoms with E-state index in [-0.39, 0.29) is 6.42 Å². The standard InChI is InChI=1S/C13H13ClN2O2/c14-10-3-1-2-9(6-10)7-12-15-8-11(16-12)4-5-13(17)18/h1-3,6,8H,4-5,7H2,(H,15,16)(H,17,18). The molecule has 0 aliphatic carbocycles. The maximum absolute atomic E-state index is 10.5. The Kier molecular flexibility index (Phi) is 3.99. The minimum atomic E-state index is -0.805. The smallest absolute Gasteiger partial charge is 0.303 e. The molecule has 4 nitrogen and oxygen atoms in total. The van der Waals surface area contributed by atoms with Crippen LogP contribution in [-0.4, -0.2) is 21.0 Å². The predicted molar refractivity (Wildman–Crippen MR) is 68.8 cm³/mol. The molecule has 0 amide bonds. The molecule has 0 aliphatic rings. The maximum Gasteiger partial charge on any atom is 0.303 e. The third-order valence-electron chi connectivity index (χ3n) is 2.55. The number of aliphatic carboxylic acids is 1. The van der Waals surface area contributed by atoms with Crippen LogP contribution in [0.1, 0.15) is 23.5 Å². The van der Waals surface area contributed by atoms with Gasteiger partial charge in [0.2, 0.25) is 0 Å². The van der Waals surface area contributed by atoms with E-state index in [1.807, 2.05) is 24.3 Å². The van der Waals surface area contributed by atoms with E-state index in [0.717, 1.165) is 17.1 Å². The van der Waals surface area contributed by atoms with Gasteiger partial charge in [-0.3, -0.25) is 4.79 Å². The first kappa shape index (κ1) is 12.6. The molecule has 2 N–H and O–H groups in total. The normalized spacial score (nSPS) is 10.5. The Labute approximate surface area is 110 Å². The summed E-state index contributed by atoms with van der Waals surface area (Å²) in [6.07, 6.45) is 2.92. The molecule has 0 fully saturated rings. The van der Waals surface area contributed by atoms with Gasteiger partial charge < -0.3 is 10.1 Å². The molecule has 94 valence electrons. The highest BCUT2D eigenvalue weighted by molar-refractivity contribution is 6.30. The number of halogens is 1. The average molecular weight is 265 g/mol. The van der Waals surface area contributed by atoms with Crippen LogP contribution < -0.4 is 0 Å². The van der Waals surface area contributed by atoms with Crippen LogP contribution in [-0.2, 0) is 17.6 Å². The first-order valence-electron chi connectivity index (χ1n) is 5.62. The van der Waals surface area contributed by atoms with Gasteiger partial charge in [-0.05, 0) is 24.1 Å². The van der Waals surface area contributed by atoms with Crippen molar-refractivity contribution >= 4 is 17.6 Å². The number of H-pyrrole nitrogens is 1. The zero-order chi connectivity index (χ0) is 13.0. The van der Waals surface area contributed by atoms with E-state index in [4.69, 9.17) is 16.7 Å². The van der Waals surface area contributed by atoms with E-state index in [9.17, 15) is 4.79 Å². The van der Waals surface area contributed by atoms with E-state index in [0.29, 0.717) is 17.9 Å². The minimum Gasteiger partial charge on any atom is -0.481 e. The monoisotopic (exact) mass is 264 g/mol. The van der Waals surface area contributed by atoms with Gasteiger partial charge in [0.05, 0.1) is 6.42 Å².